The van der Waals surface area contributed by atoms with Crippen LogP contribution < -0.4 is 10.1 Å². The van der Waals surface area contributed by atoms with Crippen LogP contribution in [-0.2, 0) is 11.2 Å². The molecule has 0 radical (unpaired) electrons. The second kappa shape index (κ2) is 8.07. The molecule has 0 spiro atoms. The molecule has 1 amide bonds. The Labute approximate surface area is 151 Å². The number of aryl methyl sites for hydroxylation is 1. The highest BCUT2D eigenvalue weighted by atomic mass is 32.2. The Balaban J connectivity index is 1.62. The Morgan fingerprint density at radius 3 is 2.88 bits per heavy atom. The van der Waals surface area contributed by atoms with Crippen LogP contribution in [0.25, 0.3) is 11.0 Å². The Kier molecular flexibility index (Phi) is 5.60. The van der Waals surface area contributed by atoms with Gasteiger partial charge in [-0.3, -0.25) is 4.79 Å². The van der Waals surface area contributed by atoms with Gasteiger partial charge in [0.15, 0.2) is 5.16 Å². The molecule has 2 N–H and O–H groups in total. The van der Waals surface area contributed by atoms with Crippen molar-refractivity contribution >= 4 is 34.4 Å². The summed E-state index contributed by atoms with van der Waals surface area (Å²) in [7, 11) is 0. The summed E-state index contributed by atoms with van der Waals surface area (Å²) in [5.41, 5.74) is 3.78. The third kappa shape index (κ3) is 4.33. The number of benzene rings is 2. The molecule has 3 aromatic rings. The topological polar surface area (TPSA) is 67.0 Å². The maximum atomic E-state index is 12.2. The van der Waals surface area contributed by atoms with Gasteiger partial charge in [-0.25, -0.2) is 4.98 Å². The summed E-state index contributed by atoms with van der Waals surface area (Å²) in [5.74, 6) is 1.07. The number of aromatic nitrogens is 2. The van der Waals surface area contributed by atoms with Crippen molar-refractivity contribution in [3.05, 3.63) is 48.0 Å². The fraction of sp³-hybridized carbons (Fsp3) is 0.263. The number of rotatable bonds is 7. The van der Waals surface area contributed by atoms with E-state index in [0.29, 0.717) is 12.4 Å². The van der Waals surface area contributed by atoms with E-state index >= 15 is 0 Å². The van der Waals surface area contributed by atoms with Crippen molar-refractivity contribution in [3.63, 3.8) is 0 Å². The molecule has 0 aliphatic carbocycles. The van der Waals surface area contributed by atoms with Crippen molar-refractivity contribution in [2.24, 2.45) is 0 Å². The first kappa shape index (κ1) is 17.4. The largest absolute Gasteiger partial charge is 0.494 e. The molecular weight excluding hydrogens is 334 g/mol. The molecule has 0 fully saturated rings. The van der Waals surface area contributed by atoms with Gasteiger partial charge in [0.25, 0.3) is 0 Å². The molecule has 3 rings (SSSR count). The molecule has 0 saturated heterocycles. The van der Waals surface area contributed by atoms with Crippen LogP contribution in [0.4, 0.5) is 5.69 Å². The zero-order chi connectivity index (χ0) is 17.6. The Hall–Kier alpha value is -2.47. The number of para-hydroxylation sites is 1. The second-order valence-corrected chi connectivity index (χ2v) is 6.47. The lowest BCUT2D eigenvalue weighted by Crippen LogP contribution is -2.15. The van der Waals surface area contributed by atoms with Crippen LogP contribution in [-0.4, -0.2) is 28.2 Å². The summed E-state index contributed by atoms with van der Waals surface area (Å²) >= 11 is 1.39. The van der Waals surface area contributed by atoms with Gasteiger partial charge in [0.1, 0.15) is 5.75 Å². The molecule has 5 nitrogen and oxygen atoms in total. The lowest BCUT2D eigenvalue weighted by molar-refractivity contribution is -0.113. The van der Waals surface area contributed by atoms with Crippen molar-refractivity contribution in [2.45, 2.75) is 25.4 Å². The number of hydrogen-bond donors (Lipinski definition) is 2. The molecule has 0 aliphatic rings. The number of ether oxygens (including phenoxy) is 1. The van der Waals surface area contributed by atoms with E-state index in [0.717, 1.165) is 39.6 Å². The number of carbonyl (C=O) groups is 1. The maximum absolute atomic E-state index is 12.2. The van der Waals surface area contributed by atoms with Crippen LogP contribution >= 0.6 is 11.8 Å². The van der Waals surface area contributed by atoms with Crippen LogP contribution in [0.15, 0.2) is 47.6 Å². The molecular formula is C19H21N3O2S. The van der Waals surface area contributed by atoms with Crippen molar-refractivity contribution in [3.8, 4) is 5.75 Å². The van der Waals surface area contributed by atoms with E-state index in [1.165, 1.54) is 11.8 Å². The number of thioether (sulfide) groups is 1. The maximum Gasteiger partial charge on any atom is 0.234 e. The molecule has 0 aliphatic heterocycles. The number of anilines is 1. The normalized spacial score (nSPS) is 10.8. The molecule has 0 bridgehead atoms. The van der Waals surface area contributed by atoms with Crippen molar-refractivity contribution in [1.29, 1.82) is 0 Å². The molecule has 6 heteroatoms. The van der Waals surface area contributed by atoms with Gasteiger partial charge in [0, 0.05) is 11.8 Å². The van der Waals surface area contributed by atoms with Crippen molar-refractivity contribution in [1.82, 2.24) is 9.97 Å². The minimum atomic E-state index is -0.0404. The lowest BCUT2D eigenvalue weighted by atomic mass is 10.1. The van der Waals surface area contributed by atoms with Gasteiger partial charge in [-0.1, -0.05) is 36.9 Å². The highest BCUT2D eigenvalue weighted by molar-refractivity contribution is 7.99. The molecule has 0 saturated carbocycles. The van der Waals surface area contributed by atoms with E-state index in [9.17, 15) is 4.79 Å². The average Bonchev–Trinajstić information content (AvgIpc) is 3.03. The van der Waals surface area contributed by atoms with Crippen LogP contribution in [0.1, 0.15) is 19.4 Å². The Morgan fingerprint density at radius 1 is 1.24 bits per heavy atom. The zero-order valence-electron chi connectivity index (χ0n) is 14.3. The van der Waals surface area contributed by atoms with Gasteiger partial charge < -0.3 is 15.0 Å². The van der Waals surface area contributed by atoms with Gasteiger partial charge in [0.2, 0.25) is 5.91 Å². The number of amides is 1. The lowest BCUT2D eigenvalue weighted by Gasteiger charge is -2.08. The summed E-state index contributed by atoms with van der Waals surface area (Å²) in [6.07, 6.45) is 0.884. The van der Waals surface area contributed by atoms with Gasteiger partial charge >= 0.3 is 0 Å². The van der Waals surface area contributed by atoms with E-state index in [4.69, 9.17) is 4.74 Å². The summed E-state index contributed by atoms with van der Waals surface area (Å²) in [5, 5.41) is 3.69. The van der Waals surface area contributed by atoms with Crippen LogP contribution in [0, 0.1) is 0 Å². The highest BCUT2D eigenvalue weighted by Gasteiger charge is 2.09. The minimum absolute atomic E-state index is 0.0404. The molecule has 1 aromatic heterocycles. The fourth-order valence-electron chi connectivity index (χ4n) is 2.56. The number of aromatic amines is 1. The molecule has 25 heavy (non-hydrogen) atoms. The van der Waals surface area contributed by atoms with E-state index in [2.05, 4.69) is 22.2 Å². The van der Waals surface area contributed by atoms with Gasteiger partial charge in [0.05, 0.1) is 23.4 Å². The third-order valence-electron chi connectivity index (χ3n) is 3.75. The molecule has 2 aromatic carbocycles. The Bertz CT molecular complexity index is 876. The monoisotopic (exact) mass is 355 g/mol. The predicted molar refractivity (Wildman–Crippen MR) is 102 cm³/mol. The van der Waals surface area contributed by atoms with Gasteiger partial charge in [-0.15, -0.1) is 0 Å². The van der Waals surface area contributed by atoms with E-state index < -0.39 is 0 Å². The quantitative estimate of drug-likeness (QED) is 0.622. The molecule has 0 atom stereocenters. The van der Waals surface area contributed by atoms with Gasteiger partial charge in [-0.2, -0.15) is 0 Å². The van der Waals surface area contributed by atoms with Crippen molar-refractivity contribution in [2.75, 3.05) is 17.7 Å². The number of fused-ring (bicyclic) bond motifs is 1. The number of H-pyrrole nitrogens is 1. The first-order valence-corrected chi connectivity index (χ1v) is 9.31. The van der Waals surface area contributed by atoms with E-state index in [-0.39, 0.29) is 5.91 Å². The number of nitrogens with one attached hydrogen (secondary N) is 2. The zero-order valence-corrected chi connectivity index (χ0v) is 15.2. The van der Waals surface area contributed by atoms with E-state index in [1.807, 2.05) is 49.4 Å². The smallest absolute Gasteiger partial charge is 0.234 e. The SMILES string of the molecule is CCOc1ccc2nc(SCC(=O)Nc3ccccc3CC)[nH]c2c1. The highest BCUT2D eigenvalue weighted by Crippen LogP contribution is 2.23. The van der Waals surface area contributed by atoms with Crippen LogP contribution in [0.2, 0.25) is 0 Å². The number of nitrogens with zero attached hydrogens (tertiary/aromatic N) is 1. The van der Waals surface area contributed by atoms with Crippen LogP contribution in [0.5, 0.6) is 5.75 Å². The van der Waals surface area contributed by atoms with Crippen LogP contribution in [0.3, 0.4) is 0 Å². The minimum Gasteiger partial charge on any atom is -0.494 e. The third-order valence-corrected chi connectivity index (χ3v) is 4.63. The molecule has 130 valence electrons. The predicted octanol–water partition coefficient (Wildman–Crippen LogP) is 4.25. The first-order valence-electron chi connectivity index (χ1n) is 8.32. The summed E-state index contributed by atoms with van der Waals surface area (Å²) in [6, 6.07) is 13.6. The van der Waals surface area contributed by atoms with Gasteiger partial charge in [-0.05, 0) is 37.1 Å². The Morgan fingerprint density at radius 2 is 2.08 bits per heavy atom. The number of carbonyl (C=O) groups excluding carboxylic acids is 1. The van der Waals surface area contributed by atoms with Crippen molar-refractivity contribution < 1.29 is 9.53 Å². The van der Waals surface area contributed by atoms with E-state index in [1.54, 1.807) is 0 Å². The summed E-state index contributed by atoms with van der Waals surface area (Å²) in [4.78, 5) is 19.9. The standard InChI is InChI=1S/C19H21N3O2S/c1-3-13-7-5-6-8-15(13)20-18(23)12-25-19-21-16-10-9-14(24-4-2)11-17(16)22-19/h5-11H,3-4,12H2,1-2H3,(H,20,23)(H,21,22). The first-order chi connectivity index (χ1) is 12.2. The number of hydrogen-bond acceptors (Lipinski definition) is 4. The second-order valence-electron chi connectivity index (χ2n) is 5.50. The molecule has 1 heterocycles. The number of imidazole rings is 1. The summed E-state index contributed by atoms with van der Waals surface area (Å²) < 4.78 is 5.49. The molecule has 0 unspecified atom stereocenters. The fourth-order valence-corrected chi connectivity index (χ4v) is 3.25. The average molecular weight is 355 g/mol. The summed E-state index contributed by atoms with van der Waals surface area (Å²) in [6.45, 7) is 4.65.